The minimum atomic E-state index is -4.31. The number of hydrogen-bond donors (Lipinski definition) is 1. The van der Waals surface area contributed by atoms with Crippen LogP contribution in [0.2, 0.25) is 0 Å². The monoisotopic (exact) mass is 355 g/mol. The largest absolute Gasteiger partial charge is 0.416 e. The van der Waals surface area contributed by atoms with Gasteiger partial charge in [-0.15, -0.1) is 0 Å². The Hall–Kier alpha value is -1.60. The Balaban J connectivity index is 1.50. The van der Waals surface area contributed by atoms with E-state index >= 15 is 0 Å². The molecular weight excluding hydrogens is 331 g/mol. The average Bonchev–Trinajstić information content (AvgIpc) is 3.38. The Morgan fingerprint density at radius 3 is 2.52 bits per heavy atom. The summed E-state index contributed by atoms with van der Waals surface area (Å²) in [6, 6.07) is 5.71. The molecule has 1 aliphatic heterocycles. The molecule has 0 aromatic heterocycles. The maximum Gasteiger partial charge on any atom is 0.416 e. The number of halogens is 3. The molecule has 1 heterocycles. The van der Waals surface area contributed by atoms with Gasteiger partial charge in [-0.25, -0.2) is 0 Å². The first-order valence-corrected chi connectivity index (χ1v) is 8.76. The lowest BCUT2D eigenvalue weighted by Gasteiger charge is -2.37. The third-order valence-corrected chi connectivity index (χ3v) is 4.92. The fourth-order valence-electron chi connectivity index (χ4n) is 3.13. The van der Waals surface area contributed by atoms with Gasteiger partial charge in [0, 0.05) is 38.8 Å². The first-order chi connectivity index (χ1) is 11.8. The van der Waals surface area contributed by atoms with Crippen molar-refractivity contribution in [3.8, 4) is 0 Å². The molecule has 2 aliphatic rings. The number of piperazine rings is 1. The molecule has 1 N–H and O–H groups in total. The highest BCUT2D eigenvalue weighted by Crippen LogP contribution is 2.29. The zero-order valence-electron chi connectivity index (χ0n) is 14.4. The van der Waals surface area contributed by atoms with E-state index in [-0.39, 0.29) is 11.9 Å². The number of alkyl halides is 3. The van der Waals surface area contributed by atoms with E-state index in [1.807, 2.05) is 6.92 Å². The van der Waals surface area contributed by atoms with Gasteiger partial charge in [0.05, 0.1) is 11.6 Å². The van der Waals surface area contributed by atoms with Crippen molar-refractivity contribution in [2.45, 2.75) is 44.6 Å². The van der Waals surface area contributed by atoms with E-state index in [9.17, 15) is 18.0 Å². The van der Waals surface area contributed by atoms with Crippen molar-refractivity contribution >= 4 is 5.91 Å². The minimum Gasteiger partial charge on any atom is -0.352 e. The van der Waals surface area contributed by atoms with Crippen LogP contribution in [0.4, 0.5) is 13.2 Å². The van der Waals surface area contributed by atoms with Crippen LogP contribution in [-0.2, 0) is 17.5 Å². The highest BCUT2D eigenvalue weighted by atomic mass is 19.4. The highest BCUT2D eigenvalue weighted by Gasteiger charge is 2.31. The van der Waals surface area contributed by atoms with Crippen molar-refractivity contribution < 1.29 is 18.0 Å². The van der Waals surface area contributed by atoms with Crippen LogP contribution < -0.4 is 5.32 Å². The maximum atomic E-state index is 12.8. The summed E-state index contributed by atoms with van der Waals surface area (Å²) < 4.78 is 38.4. The van der Waals surface area contributed by atoms with Crippen LogP contribution in [0.5, 0.6) is 0 Å². The number of rotatable bonds is 5. The van der Waals surface area contributed by atoms with Crippen molar-refractivity contribution in [2.24, 2.45) is 0 Å². The van der Waals surface area contributed by atoms with Gasteiger partial charge in [-0.1, -0.05) is 18.2 Å². The second-order valence-electron chi connectivity index (χ2n) is 6.97. The van der Waals surface area contributed by atoms with Gasteiger partial charge in [-0.3, -0.25) is 14.6 Å². The lowest BCUT2D eigenvalue weighted by Crippen LogP contribution is -2.53. The highest BCUT2D eigenvalue weighted by molar-refractivity contribution is 5.81. The molecule has 0 unspecified atom stereocenters. The van der Waals surface area contributed by atoms with Crippen LogP contribution in [0, 0.1) is 0 Å². The third kappa shape index (κ3) is 4.95. The van der Waals surface area contributed by atoms with Gasteiger partial charge in [0.15, 0.2) is 0 Å². The number of benzene rings is 1. The second kappa shape index (κ2) is 7.33. The fraction of sp³-hybridized carbons (Fsp3) is 0.611. The Morgan fingerprint density at radius 2 is 1.92 bits per heavy atom. The Kier molecular flexibility index (Phi) is 5.34. The maximum absolute atomic E-state index is 12.8. The van der Waals surface area contributed by atoms with Crippen molar-refractivity contribution in [1.29, 1.82) is 0 Å². The molecule has 4 nitrogen and oxygen atoms in total. The summed E-state index contributed by atoms with van der Waals surface area (Å²) in [5.74, 6) is 0.0776. The molecule has 1 atom stereocenters. The predicted octanol–water partition coefficient (Wildman–Crippen LogP) is 2.49. The average molecular weight is 355 g/mol. The Bertz CT molecular complexity index is 608. The smallest absolute Gasteiger partial charge is 0.352 e. The number of nitrogens with zero attached hydrogens (tertiary/aromatic N) is 2. The van der Waals surface area contributed by atoms with Crippen LogP contribution in [0.15, 0.2) is 24.3 Å². The molecule has 138 valence electrons. The van der Waals surface area contributed by atoms with E-state index < -0.39 is 11.7 Å². The number of hydrogen-bond acceptors (Lipinski definition) is 3. The van der Waals surface area contributed by atoms with Crippen molar-refractivity contribution in [1.82, 2.24) is 15.1 Å². The summed E-state index contributed by atoms with van der Waals surface area (Å²) in [5, 5.41) is 3.02. The summed E-state index contributed by atoms with van der Waals surface area (Å²) >= 11 is 0. The third-order valence-electron chi connectivity index (χ3n) is 4.92. The number of carbonyl (C=O) groups is 1. The van der Waals surface area contributed by atoms with E-state index in [1.165, 1.54) is 12.1 Å². The van der Waals surface area contributed by atoms with Gasteiger partial charge in [0.2, 0.25) is 5.91 Å². The molecule has 0 spiro atoms. The first-order valence-electron chi connectivity index (χ1n) is 8.76. The first kappa shape index (κ1) is 18.2. The molecule has 1 aromatic carbocycles. The molecular formula is C18H24F3N3O. The molecule has 7 heteroatoms. The van der Waals surface area contributed by atoms with Crippen molar-refractivity contribution in [3.05, 3.63) is 35.4 Å². The zero-order valence-corrected chi connectivity index (χ0v) is 14.4. The summed E-state index contributed by atoms with van der Waals surface area (Å²) in [7, 11) is 0. The summed E-state index contributed by atoms with van der Waals surface area (Å²) in [6.07, 6.45) is -2.16. The van der Waals surface area contributed by atoms with E-state index in [4.69, 9.17) is 0 Å². The van der Waals surface area contributed by atoms with Gasteiger partial charge in [0.25, 0.3) is 0 Å². The predicted molar refractivity (Wildman–Crippen MR) is 88.9 cm³/mol. The van der Waals surface area contributed by atoms with Gasteiger partial charge in [0.1, 0.15) is 0 Å². The van der Waals surface area contributed by atoms with E-state index in [0.717, 1.165) is 45.1 Å². The summed E-state index contributed by atoms with van der Waals surface area (Å²) in [6.45, 7) is 5.41. The van der Waals surface area contributed by atoms with Gasteiger partial charge >= 0.3 is 6.18 Å². The normalized spacial score (nSPS) is 21.1. The molecule has 25 heavy (non-hydrogen) atoms. The number of carbonyl (C=O) groups excluding carboxylic acids is 1. The van der Waals surface area contributed by atoms with Crippen LogP contribution >= 0.6 is 0 Å². The zero-order chi connectivity index (χ0) is 18.0. The van der Waals surface area contributed by atoms with Gasteiger partial charge < -0.3 is 5.32 Å². The van der Waals surface area contributed by atoms with Crippen LogP contribution in [-0.4, -0.2) is 54.0 Å². The fourth-order valence-corrected chi connectivity index (χ4v) is 3.13. The lowest BCUT2D eigenvalue weighted by molar-refractivity contribution is -0.137. The SMILES string of the molecule is C[C@@H](C(=O)NC1CC1)N1CCN(Cc2cccc(C(F)(F)F)c2)CC1. The van der Waals surface area contributed by atoms with Crippen LogP contribution in [0.25, 0.3) is 0 Å². The molecule has 0 radical (unpaired) electrons. The van der Waals surface area contributed by atoms with E-state index in [0.29, 0.717) is 18.2 Å². The van der Waals surface area contributed by atoms with E-state index in [2.05, 4.69) is 15.1 Å². The van der Waals surface area contributed by atoms with Crippen molar-refractivity contribution in [3.63, 3.8) is 0 Å². The quantitative estimate of drug-likeness (QED) is 0.882. The molecule has 3 rings (SSSR count). The second-order valence-corrected chi connectivity index (χ2v) is 6.97. The topological polar surface area (TPSA) is 35.6 Å². The Morgan fingerprint density at radius 1 is 1.24 bits per heavy atom. The molecule has 1 aliphatic carbocycles. The molecule has 0 bridgehead atoms. The molecule has 1 amide bonds. The van der Waals surface area contributed by atoms with Gasteiger partial charge in [-0.05, 0) is 31.4 Å². The Labute approximate surface area is 146 Å². The van der Waals surface area contributed by atoms with E-state index in [1.54, 1.807) is 6.07 Å². The van der Waals surface area contributed by atoms with Crippen LogP contribution in [0.1, 0.15) is 30.9 Å². The molecule has 1 saturated carbocycles. The van der Waals surface area contributed by atoms with Crippen LogP contribution in [0.3, 0.4) is 0 Å². The molecule has 2 fully saturated rings. The summed E-state index contributed by atoms with van der Waals surface area (Å²) in [4.78, 5) is 16.4. The lowest BCUT2D eigenvalue weighted by atomic mass is 10.1. The number of nitrogens with one attached hydrogen (secondary N) is 1. The van der Waals surface area contributed by atoms with Gasteiger partial charge in [-0.2, -0.15) is 13.2 Å². The summed E-state index contributed by atoms with van der Waals surface area (Å²) in [5.41, 5.74) is 0.0665. The molecule has 1 aromatic rings. The number of amides is 1. The van der Waals surface area contributed by atoms with Crippen molar-refractivity contribution in [2.75, 3.05) is 26.2 Å². The molecule has 1 saturated heterocycles. The minimum absolute atomic E-state index is 0.0776. The standard InChI is InChI=1S/C18H24F3N3O/c1-13(17(25)22-16-5-6-16)24-9-7-23(8-10-24)12-14-3-2-4-15(11-14)18(19,20)21/h2-4,11,13,16H,5-10,12H2,1H3,(H,22,25)/t13-/m0/s1.